The number of rotatable bonds is 8. The molecule has 4 nitrogen and oxygen atoms in total. The molecular formula is C17H30IN3OS. The number of hydrogen-bond acceptors (Lipinski definition) is 3. The van der Waals surface area contributed by atoms with Crippen molar-refractivity contribution in [3.05, 3.63) is 21.9 Å². The summed E-state index contributed by atoms with van der Waals surface area (Å²) in [4.78, 5) is 5.99. The highest BCUT2D eigenvalue weighted by Crippen LogP contribution is 2.20. The summed E-state index contributed by atoms with van der Waals surface area (Å²) in [5, 5.41) is 8.82. The van der Waals surface area contributed by atoms with Crippen LogP contribution < -0.4 is 10.6 Å². The van der Waals surface area contributed by atoms with Gasteiger partial charge in [-0.2, -0.15) is 0 Å². The van der Waals surface area contributed by atoms with Gasteiger partial charge in [0, 0.05) is 24.6 Å². The maximum absolute atomic E-state index is 5.88. The van der Waals surface area contributed by atoms with E-state index in [9.17, 15) is 0 Å². The van der Waals surface area contributed by atoms with E-state index in [1.54, 1.807) is 11.3 Å². The second-order valence-electron chi connectivity index (χ2n) is 5.78. The molecule has 0 bridgehead atoms. The fourth-order valence-corrected chi connectivity index (χ4v) is 3.47. The third kappa shape index (κ3) is 7.85. The van der Waals surface area contributed by atoms with Crippen molar-refractivity contribution in [3.63, 3.8) is 0 Å². The van der Waals surface area contributed by atoms with Crippen molar-refractivity contribution in [3.8, 4) is 0 Å². The van der Waals surface area contributed by atoms with Gasteiger partial charge in [0.25, 0.3) is 0 Å². The number of halogens is 1. The summed E-state index contributed by atoms with van der Waals surface area (Å²) in [5.41, 5.74) is 1.33. The van der Waals surface area contributed by atoms with Gasteiger partial charge in [0.15, 0.2) is 5.96 Å². The zero-order chi connectivity index (χ0) is 15.6. The molecule has 0 amide bonds. The minimum atomic E-state index is 0. The van der Waals surface area contributed by atoms with Gasteiger partial charge in [-0.05, 0) is 50.1 Å². The molecule has 0 aromatic carbocycles. The first-order valence-electron chi connectivity index (χ1n) is 8.46. The Labute approximate surface area is 161 Å². The topological polar surface area (TPSA) is 45.7 Å². The lowest BCUT2D eigenvalue weighted by Gasteiger charge is -2.13. The molecule has 0 unspecified atom stereocenters. The van der Waals surface area contributed by atoms with Gasteiger partial charge in [-0.15, -0.1) is 35.3 Å². The molecule has 23 heavy (non-hydrogen) atoms. The van der Waals surface area contributed by atoms with E-state index >= 15 is 0 Å². The summed E-state index contributed by atoms with van der Waals surface area (Å²) in [6.07, 6.45) is 6.71. The molecule has 0 atom stereocenters. The first-order valence-corrected chi connectivity index (χ1v) is 9.34. The predicted molar refractivity (Wildman–Crippen MR) is 110 cm³/mol. The number of ether oxygens (including phenoxy) is 1. The van der Waals surface area contributed by atoms with E-state index in [-0.39, 0.29) is 24.0 Å². The molecule has 2 N–H and O–H groups in total. The fraction of sp³-hybridized carbons (Fsp3) is 0.706. The Kier molecular flexibility index (Phi) is 10.9. The molecule has 1 aliphatic rings. The predicted octanol–water partition coefficient (Wildman–Crippen LogP) is 4.08. The van der Waals surface area contributed by atoms with Crippen molar-refractivity contribution in [1.29, 1.82) is 0 Å². The first-order chi connectivity index (χ1) is 10.8. The van der Waals surface area contributed by atoms with Crippen LogP contribution in [0.2, 0.25) is 0 Å². The standard InChI is InChI=1S/C17H29N3OS.HI/c1-3-18-17(20-13-16-14(2)9-12-22-16)19-10-6-11-21-15-7-4-5-8-15;/h9,12,15H,3-8,10-11,13H2,1-2H3,(H2,18,19,20);1H. The Morgan fingerprint density at radius 1 is 1.35 bits per heavy atom. The van der Waals surface area contributed by atoms with Crippen LogP contribution in [0, 0.1) is 6.92 Å². The minimum absolute atomic E-state index is 0. The zero-order valence-corrected chi connectivity index (χ0v) is 17.4. The van der Waals surface area contributed by atoms with Crippen molar-refractivity contribution in [1.82, 2.24) is 10.6 Å². The molecule has 0 radical (unpaired) electrons. The van der Waals surface area contributed by atoms with Crippen LogP contribution in [0.3, 0.4) is 0 Å². The Hall–Kier alpha value is -0.340. The highest BCUT2D eigenvalue weighted by Gasteiger charge is 2.14. The maximum atomic E-state index is 5.88. The highest BCUT2D eigenvalue weighted by molar-refractivity contribution is 14.0. The number of thiophene rings is 1. The molecule has 0 spiro atoms. The molecule has 1 saturated carbocycles. The number of aryl methyl sites for hydroxylation is 1. The molecule has 0 aliphatic heterocycles. The van der Waals surface area contributed by atoms with E-state index in [0.717, 1.165) is 38.6 Å². The summed E-state index contributed by atoms with van der Waals surface area (Å²) in [5.74, 6) is 0.899. The molecule has 1 heterocycles. The molecule has 1 aromatic rings. The fourth-order valence-electron chi connectivity index (χ4n) is 2.64. The van der Waals surface area contributed by atoms with Crippen molar-refractivity contribution >= 4 is 41.3 Å². The summed E-state index contributed by atoms with van der Waals surface area (Å²) in [6, 6.07) is 2.15. The van der Waals surface area contributed by atoms with Gasteiger partial charge in [-0.25, -0.2) is 4.99 Å². The molecule has 1 aromatic heterocycles. The van der Waals surface area contributed by atoms with E-state index in [0.29, 0.717) is 6.10 Å². The van der Waals surface area contributed by atoms with E-state index in [4.69, 9.17) is 4.74 Å². The third-order valence-corrected chi connectivity index (χ3v) is 4.97. The molecule has 2 rings (SSSR count). The van der Waals surface area contributed by atoms with Crippen LogP contribution in [0.4, 0.5) is 0 Å². The molecule has 0 saturated heterocycles. The minimum Gasteiger partial charge on any atom is -0.378 e. The highest BCUT2D eigenvalue weighted by atomic mass is 127. The van der Waals surface area contributed by atoms with Crippen LogP contribution in [0.25, 0.3) is 0 Å². The van der Waals surface area contributed by atoms with Gasteiger partial charge in [-0.1, -0.05) is 12.8 Å². The van der Waals surface area contributed by atoms with Crippen LogP contribution in [0.1, 0.15) is 49.5 Å². The van der Waals surface area contributed by atoms with Gasteiger partial charge < -0.3 is 15.4 Å². The number of guanidine groups is 1. The Morgan fingerprint density at radius 3 is 2.78 bits per heavy atom. The summed E-state index contributed by atoms with van der Waals surface area (Å²) < 4.78 is 5.88. The summed E-state index contributed by atoms with van der Waals surface area (Å²) >= 11 is 1.77. The second kappa shape index (κ2) is 12.1. The molecular weight excluding hydrogens is 421 g/mol. The Balaban J connectivity index is 0.00000264. The van der Waals surface area contributed by atoms with E-state index in [1.807, 2.05) is 0 Å². The van der Waals surface area contributed by atoms with Gasteiger partial charge in [0.2, 0.25) is 0 Å². The van der Waals surface area contributed by atoms with Crippen LogP contribution in [-0.2, 0) is 11.3 Å². The zero-order valence-electron chi connectivity index (χ0n) is 14.3. The van der Waals surface area contributed by atoms with E-state index < -0.39 is 0 Å². The number of aliphatic imine (C=N–C) groups is 1. The quantitative estimate of drug-likeness (QED) is 0.271. The average Bonchev–Trinajstić information content (AvgIpc) is 3.16. The third-order valence-electron chi connectivity index (χ3n) is 3.96. The van der Waals surface area contributed by atoms with Crippen LogP contribution >= 0.6 is 35.3 Å². The number of nitrogens with zero attached hydrogens (tertiary/aromatic N) is 1. The van der Waals surface area contributed by atoms with Gasteiger partial charge in [-0.3, -0.25) is 0 Å². The lowest BCUT2D eigenvalue weighted by atomic mass is 10.3. The molecule has 1 aliphatic carbocycles. The number of hydrogen-bond donors (Lipinski definition) is 2. The summed E-state index contributed by atoms with van der Waals surface area (Å²) in [7, 11) is 0. The molecule has 6 heteroatoms. The van der Waals surface area contributed by atoms with E-state index in [1.165, 1.54) is 36.1 Å². The first kappa shape index (κ1) is 20.7. The largest absolute Gasteiger partial charge is 0.378 e. The van der Waals surface area contributed by atoms with Crippen molar-refractivity contribution in [2.24, 2.45) is 4.99 Å². The summed E-state index contributed by atoms with van der Waals surface area (Å²) in [6.45, 7) is 7.62. The number of nitrogens with one attached hydrogen (secondary N) is 2. The molecule has 132 valence electrons. The Morgan fingerprint density at radius 2 is 2.13 bits per heavy atom. The Bertz CT molecular complexity index is 458. The second-order valence-corrected chi connectivity index (χ2v) is 6.78. The van der Waals surface area contributed by atoms with Crippen LogP contribution in [-0.4, -0.2) is 31.8 Å². The average molecular weight is 451 g/mol. The normalized spacial score (nSPS) is 15.5. The van der Waals surface area contributed by atoms with Crippen molar-refractivity contribution in [2.75, 3.05) is 19.7 Å². The molecule has 1 fully saturated rings. The van der Waals surface area contributed by atoms with Crippen molar-refractivity contribution in [2.45, 2.75) is 58.6 Å². The van der Waals surface area contributed by atoms with Gasteiger partial charge in [0.1, 0.15) is 0 Å². The lowest BCUT2D eigenvalue weighted by molar-refractivity contribution is 0.0574. The van der Waals surface area contributed by atoms with Crippen LogP contribution in [0.5, 0.6) is 0 Å². The monoisotopic (exact) mass is 451 g/mol. The van der Waals surface area contributed by atoms with Crippen LogP contribution in [0.15, 0.2) is 16.4 Å². The van der Waals surface area contributed by atoms with Gasteiger partial charge in [0.05, 0.1) is 12.6 Å². The lowest BCUT2D eigenvalue weighted by Crippen LogP contribution is -2.38. The SMILES string of the molecule is CCNC(=NCc1sccc1C)NCCCOC1CCCC1.I. The van der Waals surface area contributed by atoms with Crippen molar-refractivity contribution < 1.29 is 4.74 Å². The van der Waals surface area contributed by atoms with Gasteiger partial charge >= 0.3 is 0 Å². The smallest absolute Gasteiger partial charge is 0.191 e. The van der Waals surface area contributed by atoms with E-state index in [2.05, 4.69) is 40.9 Å². The maximum Gasteiger partial charge on any atom is 0.191 e.